The lowest BCUT2D eigenvalue weighted by molar-refractivity contribution is 0.146. The normalized spacial score (nSPS) is 11.5. The summed E-state index contributed by atoms with van der Waals surface area (Å²) in [6.07, 6.45) is 0.892. The van der Waals surface area contributed by atoms with Gasteiger partial charge in [-0.15, -0.1) is 11.3 Å². The molecule has 0 aliphatic heterocycles. The molecule has 0 aliphatic rings. The number of hydrogen-bond donors (Lipinski definition) is 2. The van der Waals surface area contributed by atoms with Crippen LogP contribution in [-0.4, -0.2) is 44.9 Å². The molecule has 0 saturated carbocycles. The van der Waals surface area contributed by atoms with E-state index in [0.29, 0.717) is 19.8 Å². The van der Waals surface area contributed by atoms with Crippen LogP contribution in [0.3, 0.4) is 0 Å². The van der Waals surface area contributed by atoms with E-state index < -0.39 is 0 Å². The Kier molecular flexibility index (Phi) is 8.37. The number of nitrogens with zero attached hydrogens (tertiary/aromatic N) is 2. The topological polar surface area (TPSA) is 67.8 Å². The van der Waals surface area contributed by atoms with Crippen molar-refractivity contribution in [3.63, 3.8) is 0 Å². The molecule has 0 fully saturated rings. The fourth-order valence-corrected chi connectivity index (χ4v) is 3.26. The van der Waals surface area contributed by atoms with Gasteiger partial charge in [-0.05, 0) is 31.5 Å². The minimum absolute atomic E-state index is 0.548. The minimum Gasteiger partial charge on any atom is -0.491 e. The molecule has 0 atom stereocenters. The van der Waals surface area contributed by atoms with Crippen LogP contribution in [0.5, 0.6) is 5.75 Å². The van der Waals surface area contributed by atoms with Gasteiger partial charge in [0.2, 0.25) is 0 Å². The van der Waals surface area contributed by atoms with Crippen LogP contribution in [-0.2, 0) is 17.7 Å². The van der Waals surface area contributed by atoms with Crippen molar-refractivity contribution in [3.8, 4) is 5.75 Å². The fourth-order valence-electron chi connectivity index (χ4n) is 2.33. The summed E-state index contributed by atoms with van der Waals surface area (Å²) in [6.45, 7) is 6.76. The number of benzene rings is 1. The lowest BCUT2D eigenvalue weighted by Crippen LogP contribution is -2.37. The van der Waals surface area contributed by atoms with Gasteiger partial charge in [0.05, 0.1) is 17.3 Å². The van der Waals surface area contributed by atoms with Crippen LogP contribution in [0.15, 0.2) is 29.3 Å². The van der Waals surface area contributed by atoms with Gasteiger partial charge in [0.15, 0.2) is 5.96 Å². The molecule has 0 aliphatic carbocycles. The maximum absolute atomic E-state index is 5.64. The Morgan fingerprint density at radius 3 is 2.77 bits per heavy atom. The first-order valence-corrected chi connectivity index (χ1v) is 9.52. The van der Waals surface area contributed by atoms with Crippen molar-refractivity contribution in [3.05, 3.63) is 45.4 Å². The van der Waals surface area contributed by atoms with Gasteiger partial charge >= 0.3 is 0 Å². The van der Waals surface area contributed by atoms with Crippen LogP contribution in [0.25, 0.3) is 0 Å². The van der Waals surface area contributed by atoms with Crippen molar-refractivity contribution < 1.29 is 9.47 Å². The average molecular weight is 377 g/mol. The third-order valence-electron chi connectivity index (χ3n) is 3.84. The Bertz CT molecular complexity index is 696. The van der Waals surface area contributed by atoms with E-state index in [0.717, 1.165) is 40.9 Å². The van der Waals surface area contributed by atoms with E-state index in [1.807, 2.05) is 18.2 Å². The number of thiazole rings is 1. The van der Waals surface area contributed by atoms with E-state index in [2.05, 4.69) is 40.5 Å². The van der Waals surface area contributed by atoms with Crippen LogP contribution in [0.2, 0.25) is 0 Å². The molecule has 0 amide bonds. The molecule has 0 bridgehead atoms. The van der Waals surface area contributed by atoms with E-state index in [9.17, 15) is 0 Å². The molecule has 0 saturated heterocycles. The molecular formula is C19H28N4O2S. The maximum Gasteiger partial charge on any atom is 0.191 e. The summed E-state index contributed by atoms with van der Waals surface area (Å²) in [7, 11) is 3.44. The standard InChI is InChI=1S/C19H28N4O2S/c1-14-15(2)26-18(23-14)8-9-21-19(20-3)22-13-16-6-5-7-17(12-16)25-11-10-24-4/h5-7,12H,8-11,13H2,1-4H3,(H2,20,21,22). The maximum atomic E-state index is 5.64. The molecule has 2 rings (SSSR count). The molecule has 0 unspecified atom stereocenters. The van der Waals surface area contributed by atoms with Gasteiger partial charge in [-0.2, -0.15) is 0 Å². The number of hydrogen-bond acceptors (Lipinski definition) is 5. The number of methoxy groups -OCH3 is 1. The Morgan fingerprint density at radius 1 is 1.23 bits per heavy atom. The zero-order valence-electron chi connectivity index (χ0n) is 16.0. The van der Waals surface area contributed by atoms with Gasteiger partial charge in [-0.3, -0.25) is 4.99 Å². The summed E-state index contributed by atoms with van der Waals surface area (Å²) in [5.41, 5.74) is 2.26. The summed E-state index contributed by atoms with van der Waals surface area (Å²) in [6, 6.07) is 8.02. The van der Waals surface area contributed by atoms with E-state index in [1.165, 1.54) is 4.88 Å². The monoisotopic (exact) mass is 376 g/mol. The molecule has 2 aromatic rings. The van der Waals surface area contributed by atoms with Gasteiger partial charge < -0.3 is 20.1 Å². The third kappa shape index (κ3) is 6.65. The number of guanidine groups is 1. The Morgan fingerprint density at radius 2 is 2.08 bits per heavy atom. The molecule has 1 heterocycles. The van der Waals surface area contributed by atoms with Crippen LogP contribution in [0.4, 0.5) is 0 Å². The number of nitrogens with one attached hydrogen (secondary N) is 2. The van der Waals surface area contributed by atoms with Gasteiger partial charge in [0.25, 0.3) is 0 Å². The van der Waals surface area contributed by atoms with Gasteiger partial charge in [0, 0.05) is 38.5 Å². The third-order valence-corrected chi connectivity index (χ3v) is 4.97. The molecule has 0 radical (unpaired) electrons. The van der Waals surface area contributed by atoms with Crippen molar-refractivity contribution in [1.29, 1.82) is 0 Å². The van der Waals surface area contributed by atoms with E-state index in [1.54, 1.807) is 25.5 Å². The molecule has 0 spiro atoms. The second-order valence-corrected chi connectivity index (χ2v) is 7.13. The largest absolute Gasteiger partial charge is 0.491 e. The molecule has 2 N–H and O–H groups in total. The van der Waals surface area contributed by atoms with Crippen molar-refractivity contribution in [2.75, 3.05) is 33.9 Å². The zero-order valence-corrected chi connectivity index (χ0v) is 16.8. The number of aliphatic imine (C=N–C) groups is 1. The SMILES string of the molecule is CN=C(NCCc1nc(C)c(C)s1)NCc1cccc(OCCOC)c1. The summed E-state index contributed by atoms with van der Waals surface area (Å²) >= 11 is 1.76. The smallest absolute Gasteiger partial charge is 0.191 e. The van der Waals surface area contributed by atoms with Crippen molar-refractivity contribution >= 4 is 17.3 Å². The Balaban J connectivity index is 1.76. The van der Waals surface area contributed by atoms with Gasteiger partial charge in [-0.1, -0.05) is 12.1 Å². The number of rotatable bonds is 9. The Hall–Kier alpha value is -2.12. The quantitative estimate of drug-likeness (QED) is 0.400. The molecule has 6 nitrogen and oxygen atoms in total. The first-order chi connectivity index (χ1) is 12.6. The molecule has 1 aromatic carbocycles. The highest BCUT2D eigenvalue weighted by molar-refractivity contribution is 7.11. The number of ether oxygens (including phenoxy) is 2. The second kappa shape index (κ2) is 10.8. The molecule has 7 heteroatoms. The van der Waals surface area contributed by atoms with E-state index >= 15 is 0 Å². The average Bonchev–Trinajstić information content (AvgIpc) is 2.96. The first-order valence-electron chi connectivity index (χ1n) is 8.70. The minimum atomic E-state index is 0.548. The second-order valence-electron chi connectivity index (χ2n) is 5.84. The predicted octanol–water partition coefficient (Wildman–Crippen LogP) is 2.69. The van der Waals surface area contributed by atoms with Crippen LogP contribution in [0.1, 0.15) is 21.1 Å². The molecule has 142 valence electrons. The lowest BCUT2D eigenvalue weighted by atomic mass is 10.2. The number of aryl methyl sites for hydroxylation is 2. The summed E-state index contributed by atoms with van der Waals surface area (Å²) in [5.74, 6) is 1.62. The fraction of sp³-hybridized carbons (Fsp3) is 0.474. The van der Waals surface area contributed by atoms with Crippen molar-refractivity contribution in [2.45, 2.75) is 26.8 Å². The van der Waals surface area contributed by atoms with Crippen molar-refractivity contribution in [1.82, 2.24) is 15.6 Å². The highest BCUT2D eigenvalue weighted by atomic mass is 32.1. The van der Waals surface area contributed by atoms with Crippen LogP contribution >= 0.6 is 11.3 Å². The highest BCUT2D eigenvalue weighted by Gasteiger charge is 2.04. The van der Waals surface area contributed by atoms with E-state index in [-0.39, 0.29) is 0 Å². The van der Waals surface area contributed by atoms with Gasteiger partial charge in [-0.25, -0.2) is 4.98 Å². The first kappa shape index (κ1) is 20.2. The summed E-state index contributed by atoms with van der Waals surface area (Å²) in [5, 5.41) is 7.81. The summed E-state index contributed by atoms with van der Waals surface area (Å²) in [4.78, 5) is 10.1. The number of aromatic nitrogens is 1. The van der Waals surface area contributed by atoms with Gasteiger partial charge in [0.1, 0.15) is 12.4 Å². The molecular weight excluding hydrogens is 348 g/mol. The molecule has 26 heavy (non-hydrogen) atoms. The molecule has 1 aromatic heterocycles. The Labute approximate surface area is 159 Å². The highest BCUT2D eigenvalue weighted by Crippen LogP contribution is 2.16. The van der Waals surface area contributed by atoms with E-state index in [4.69, 9.17) is 9.47 Å². The summed E-state index contributed by atoms with van der Waals surface area (Å²) < 4.78 is 10.6. The zero-order chi connectivity index (χ0) is 18.8. The predicted molar refractivity (Wildman–Crippen MR) is 107 cm³/mol. The lowest BCUT2D eigenvalue weighted by Gasteiger charge is -2.12. The van der Waals surface area contributed by atoms with Crippen LogP contribution < -0.4 is 15.4 Å². The van der Waals surface area contributed by atoms with Crippen molar-refractivity contribution in [2.24, 2.45) is 4.99 Å². The van der Waals surface area contributed by atoms with Crippen LogP contribution in [0, 0.1) is 13.8 Å².